The number of hydrogen-bond donors (Lipinski definition) is 2. The van der Waals surface area contributed by atoms with E-state index in [0.717, 1.165) is 50.3 Å². The molecule has 200 valence electrons. The summed E-state index contributed by atoms with van der Waals surface area (Å²) in [6.07, 6.45) is 5.80. The monoisotopic (exact) mass is 538 g/mol. The molecule has 2 aromatic carbocycles. The SMILES string of the molecule is COc1c(N2CC3(CCNCC3)C2)cccc1S(=O)(=O)Nc1noc2cc(Cn3cccn3)cc(OC)c12. The molecule has 2 fully saturated rings. The zero-order valence-electron chi connectivity index (χ0n) is 21.3. The van der Waals surface area contributed by atoms with Gasteiger partial charge in [0, 0.05) is 30.9 Å². The summed E-state index contributed by atoms with van der Waals surface area (Å²) < 4.78 is 48.4. The van der Waals surface area contributed by atoms with Crippen molar-refractivity contribution in [2.75, 3.05) is 50.0 Å². The van der Waals surface area contributed by atoms with Crippen LogP contribution in [0.25, 0.3) is 11.0 Å². The quantitative estimate of drug-likeness (QED) is 0.348. The lowest BCUT2D eigenvalue weighted by molar-refractivity contribution is 0.149. The second-order valence-electron chi connectivity index (χ2n) is 9.93. The minimum absolute atomic E-state index is 0.0363. The fourth-order valence-electron chi connectivity index (χ4n) is 5.55. The van der Waals surface area contributed by atoms with Crippen LogP contribution in [0.5, 0.6) is 11.5 Å². The van der Waals surface area contributed by atoms with Gasteiger partial charge in [0.2, 0.25) is 0 Å². The predicted octanol–water partition coefficient (Wildman–Crippen LogP) is 3.08. The molecular weight excluding hydrogens is 508 g/mol. The molecule has 0 aliphatic carbocycles. The second-order valence-corrected chi connectivity index (χ2v) is 11.6. The lowest BCUT2D eigenvalue weighted by atomic mass is 9.72. The van der Waals surface area contributed by atoms with Crippen molar-refractivity contribution < 1.29 is 22.4 Å². The lowest BCUT2D eigenvalue weighted by Crippen LogP contribution is -2.60. The summed E-state index contributed by atoms with van der Waals surface area (Å²) >= 11 is 0. The predicted molar refractivity (Wildman–Crippen MR) is 142 cm³/mol. The van der Waals surface area contributed by atoms with Crippen molar-refractivity contribution in [3.8, 4) is 11.5 Å². The molecule has 6 rings (SSSR count). The summed E-state index contributed by atoms with van der Waals surface area (Å²) in [6.45, 7) is 4.30. The minimum Gasteiger partial charge on any atom is -0.496 e. The number of methoxy groups -OCH3 is 2. The number of nitrogens with zero attached hydrogens (tertiary/aromatic N) is 4. The molecule has 2 N–H and O–H groups in total. The van der Waals surface area contributed by atoms with Gasteiger partial charge in [-0.3, -0.25) is 9.40 Å². The molecule has 38 heavy (non-hydrogen) atoms. The molecule has 2 aliphatic rings. The van der Waals surface area contributed by atoms with Gasteiger partial charge in [-0.05, 0) is 61.8 Å². The number of aromatic nitrogens is 3. The van der Waals surface area contributed by atoms with Gasteiger partial charge in [-0.15, -0.1) is 0 Å². The number of nitrogens with one attached hydrogen (secondary N) is 2. The number of fused-ring (bicyclic) bond motifs is 1. The maximum Gasteiger partial charge on any atom is 0.266 e. The van der Waals surface area contributed by atoms with Crippen LogP contribution in [-0.4, -0.2) is 63.8 Å². The van der Waals surface area contributed by atoms with Gasteiger partial charge in [-0.1, -0.05) is 11.2 Å². The molecule has 2 saturated heterocycles. The van der Waals surface area contributed by atoms with Crippen molar-refractivity contribution in [3.63, 3.8) is 0 Å². The van der Waals surface area contributed by atoms with E-state index in [4.69, 9.17) is 14.0 Å². The number of hydrogen-bond acceptors (Lipinski definition) is 9. The molecule has 4 heterocycles. The first-order chi connectivity index (χ1) is 18.4. The van der Waals surface area contributed by atoms with Gasteiger partial charge in [0.15, 0.2) is 17.2 Å². The molecule has 11 nitrogen and oxygen atoms in total. The zero-order chi connectivity index (χ0) is 26.3. The number of benzene rings is 2. The average Bonchev–Trinajstić information content (AvgIpc) is 3.56. The fourth-order valence-corrected chi connectivity index (χ4v) is 6.75. The van der Waals surface area contributed by atoms with E-state index in [1.165, 1.54) is 20.3 Å². The summed E-state index contributed by atoms with van der Waals surface area (Å²) in [4.78, 5) is 2.23. The third-order valence-electron chi connectivity index (χ3n) is 7.46. The highest BCUT2D eigenvalue weighted by Gasteiger charge is 2.44. The molecule has 0 unspecified atom stereocenters. The Balaban J connectivity index is 1.29. The normalized spacial score (nSPS) is 16.9. The molecule has 4 aromatic rings. The van der Waals surface area contributed by atoms with Gasteiger partial charge < -0.3 is 24.2 Å². The number of anilines is 2. The van der Waals surface area contributed by atoms with Crippen molar-refractivity contribution in [1.82, 2.24) is 20.3 Å². The van der Waals surface area contributed by atoms with Crippen molar-refractivity contribution in [2.45, 2.75) is 24.3 Å². The average molecular weight is 539 g/mol. The molecule has 0 bridgehead atoms. The van der Waals surface area contributed by atoms with Crippen molar-refractivity contribution in [3.05, 3.63) is 54.4 Å². The Morgan fingerprint density at radius 2 is 1.95 bits per heavy atom. The molecule has 2 aliphatic heterocycles. The smallest absolute Gasteiger partial charge is 0.266 e. The first-order valence-electron chi connectivity index (χ1n) is 12.5. The maximum atomic E-state index is 13.6. The Morgan fingerprint density at radius 1 is 1.13 bits per heavy atom. The van der Waals surface area contributed by atoms with Crippen molar-refractivity contribution in [2.24, 2.45) is 5.41 Å². The zero-order valence-corrected chi connectivity index (χ0v) is 22.1. The van der Waals surface area contributed by atoms with E-state index in [0.29, 0.717) is 29.0 Å². The molecule has 1 spiro atoms. The van der Waals surface area contributed by atoms with E-state index in [9.17, 15) is 8.42 Å². The van der Waals surface area contributed by atoms with Crippen LogP contribution in [0.2, 0.25) is 0 Å². The molecule has 0 saturated carbocycles. The van der Waals surface area contributed by atoms with Crippen LogP contribution in [0.1, 0.15) is 18.4 Å². The van der Waals surface area contributed by atoms with E-state index in [-0.39, 0.29) is 16.1 Å². The summed E-state index contributed by atoms with van der Waals surface area (Å²) in [5.74, 6) is 0.801. The number of sulfonamides is 1. The van der Waals surface area contributed by atoms with Gasteiger partial charge in [-0.25, -0.2) is 8.42 Å². The standard InChI is InChI=1S/C26H30N6O5S/c1-35-20-13-18(15-32-12-4-9-28-32)14-21-23(20)25(29-37-21)30-38(33,34)22-6-3-5-19(24(22)36-2)31-16-26(17-31)7-10-27-11-8-26/h3-6,9,12-14,27H,7-8,10-11,15-17H2,1-2H3,(H,29,30). The molecular formula is C26H30N6O5S. The number of para-hydroxylation sites is 1. The Labute approximate surface area is 220 Å². The first kappa shape index (κ1) is 24.6. The van der Waals surface area contributed by atoms with E-state index in [2.05, 4.69) is 25.2 Å². The largest absolute Gasteiger partial charge is 0.496 e. The van der Waals surface area contributed by atoms with Crippen LogP contribution in [-0.2, 0) is 16.6 Å². The van der Waals surface area contributed by atoms with E-state index in [1.807, 2.05) is 24.4 Å². The van der Waals surface area contributed by atoms with Crippen LogP contribution in [0, 0.1) is 5.41 Å². The van der Waals surface area contributed by atoms with Crippen LogP contribution in [0.3, 0.4) is 0 Å². The Hall–Kier alpha value is -3.77. The first-order valence-corrected chi connectivity index (χ1v) is 14.0. The summed E-state index contributed by atoms with van der Waals surface area (Å²) in [5, 5.41) is 12.1. The van der Waals surface area contributed by atoms with E-state index < -0.39 is 10.0 Å². The molecule has 12 heteroatoms. The molecule has 0 amide bonds. The number of rotatable bonds is 8. The maximum absolute atomic E-state index is 13.6. The lowest BCUT2D eigenvalue weighted by Gasteiger charge is -2.53. The van der Waals surface area contributed by atoms with Crippen molar-refractivity contribution >= 4 is 32.5 Å². The summed E-state index contributed by atoms with van der Waals surface area (Å²) in [5.41, 5.74) is 2.33. The van der Waals surface area contributed by atoms with Gasteiger partial charge in [0.25, 0.3) is 10.0 Å². The summed E-state index contributed by atoms with van der Waals surface area (Å²) in [6, 6.07) is 10.6. The van der Waals surface area contributed by atoms with Gasteiger partial charge in [-0.2, -0.15) is 5.10 Å². The fraction of sp³-hybridized carbons (Fsp3) is 0.385. The third kappa shape index (κ3) is 4.33. The highest BCUT2D eigenvalue weighted by atomic mass is 32.2. The van der Waals surface area contributed by atoms with Gasteiger partial charge in [0.1, 0.15) is 16.0 Å². The second kappa shape index (κ2) is 9.52. The summed E-state index contributed by atoms with van der Waals surface area (Å²) in [7, 11) is -1.06. The number of ether oxygens (including phenoxy) is 2. The minimum atomic E-state index is -4.07. The van der Waals surface area contributed by atoms with Crippen LogP contribution in [0.4, 0.5) is 11.5 Å². The van der Waals surface area contributed by atoms with Crippen LogP contribution < -0.4 is 24.4 Å². The molecule has 2 aromatic heterocycles. The van der Waals surface area contributed by atoms with Crippen LogP contribution >= 0.6 is 0 Å². The third-order valence-corrected chi connectivity index (χ3v) is 8.82. The highest BCUT2D eigenvalue weighted by Crippen LogP contribution is 2.46. The Kier molecular flexibility index (Phi) is 6.15. The van der Waals surface area contributed by atoms with E-state index in [1.54, 1.807) is 23.0 Å². The Bertz CT molecular complexity index is 1550. The van der Waals surface area contributed by atoms with Gasteiger partial charge >= 0.3 is 0 Å². The van der Waals surface area contributed by atoms with Crippen molar-refractivity contribution in [1.29, 1.82) is 0 Å². The topological polar surface area (TPSA) is 124 Å². The molecule has 0 atom stereocenters. The molecule has 0 radical (unpaired) electrons. The van der Waals surface area contributed by atoms with E-state index >= 15 is 0 Å². The highest BCUT2D eigenvalue weighted by molar-refractivity contribution is 7.92. The van der Waals surface area contributed by atoms with Gasteiger partial charge in [0.05, 0.1) is 26.5 Å². The Morgan fingerprint density at radius 3 is 2.66 bits per heavy atom. The van der Waals surface area contributed by atoms with Crippen LogP contribution in [0.15, 0.2) is 58.2 Å². The number of piperidine rings is 1.